The Morgan fingerprint density at radius 2 is 1.35 bits per heavy atom. The number of halogens is 1. The molecule has 0 saturated carbocycles. The lowest BCUT2D eigenvalue weighted by Gasteiger charge is -2.16. The predicted octanol–water partition coefficient (Wildman–Crippen LogP) is 6.00. The number of fused-ring (bicyclic) bond motifs is 1. The fraction of sp³-hybridized carbons (Fsp3) is 0.486. The van der Waals surface area contributed by atoms with E-state index in [1.165, 1.54) is 29.4 Å². The third kappa shape index (κ3) is 21.6. The summed E-state index contributed by atoms with van der Waals surface area (Å²) in [6, 6.07) is 13.4. The Bertz CT molecular complexity index is 1390. The molecule has 3 aromatic rings. The first-order valence-corrected chi connectivity index (χ1v) is 18.3. The molecule has 14 heteroatoms. The number of benzene rings is 2. The minimum absolute atomic E-state index is 0.0123. The third-order valence-electron chi connectivity index (χ3n) is 6.14. The van der Waals surface area contributed by atoms with Gasteiger partial charge < -0.3 is 48.7 Å². The summed E-state index contributed by atoms with van der Waals surface area (Å²) in [4.78, 5) is 12.7. The van der Waals surface area contributed by atoms with Crippen LogP contribution in [0.15, 0.2) is 81.8 Å². The number of phenolic OH excluding ortho intramolecular Hbond substituents is 1. The molecule has 288 valence electrons. The van der Waals surface area contributed by atoms with Crippen LogP contribution < -0.4 is 21.7 Å². The lowest BCUT2D eigenvalue weighted by Crippen LogP contribution is -2.31. The average molecular weight is 756 g/mol. The Morgan fingerprint density at radius 3 is 1.86 bits per heavy atom. The van der Waals surface area contributed by atoms with Crippen LogP contribution in [0.5, 0.6) is 11.5 Å². The van der Waals surface area contributed by atoms with E-state index in [4.69, 9.17) is 56.0 Å². The molecule has 0 amide bonds. The van der Waals surface area contributed by atoms with Crippen molar-refractivity contribution in [3.63, 3.8) is 0 Å². The molecular weight excluding hydrogens is 698 g/mol. The van der Waals surface area contributed by atoms with E-state index in [0.717, 1.165) is 5.56 Å². The molecule has 0 atom stereocenters. The van der Waals surface area contributed by atoms with Crippen molar-refractivity contribution in [1.82, 2.24) is 5.01 Å². The molecule has 1 heterocycles. The molecule has 0 unspecified atom stereocenters. The zero-order valence-corrected chi connectivity index (χ0v) is 32.3. The topological polar surface area (TPSA) is 161 Å². The molecule has 0 aliphatic carbocycles. The number of allylic oxidation sites excluding steroid dienone is 2. The second-order valence-electron chi connectivity index (χ2n) is 9.78. The van der Waals surface area contributed by atoms with Crippen molar-refractivity contribution in [2.75, 3.05) is 91.4 Å². The normalized spacial score (nSPS) is 10.9. The van der Waals surface area contributed by atoms with Crippen LogP contribution in [-0.4, -0.2) is 101 Å². The van der Waals surface area contributed by atoms with Gasteiger partial charge in [0.05, 0.1) is 83.7 Å². The maximum Gasteiger partial charge on any atom is 0.205 e. The number of hydrogen-bond acceptors (Lipinski definition) is 13. The van der Waals surface area contributed by atoms with E-state index >= 15 is 0 Å². The number of thiol groups is 1. The first kappa shape index (κ1) is 47.7. The molecule has 51 heavy (non-hydrogen) atoms. The van der Waals surface area contributed by atoms with Crippen molar-refractivity contribution in [2.45, 2.75) is 27.7 Å². The fourth-order valence-electron chi connectivity index (χ4n) is 3.74. The molecule has 5 N–H and O–H groups in total. The number of nitrogens with two attached hydrogens (primary N) is 2. The van der Waals surface area contributed by atoms with Gasteiger partial charge in [0, 0.05) is 23.7 Å². The molecule has 0 spiro atoms. The van der Waals surface area contributed by atoms with Crippen LogP contribution in [0, 0.1) is 0 Å². The van der Waals surface area contributed by atoms with Crippen LogP contribution in [0.4, 0.5) is 0 Å². The Labute approximate surface area is 313 Å². The number of alkyl halides is 1. The van der Waals surface area contributed by atoms with Crippen molar-refractivity contribution in [1.29, 1.82) is 0 Å². The lowest BCUT2D eigenvalue weighted by atomic mass is 10.1. The summed E-state index contributed by atoms with van der Waals surface area (Å²) in [6.45, 7) is 12.9. The largest absolute Gasteiger partial charge is 0.504 e. The average Bonchev–Trinajstić information content (AvgIpc) is 3.16. The highest BCUT2D eigenvalue weighted by atomic mass is 35.5. The number of aromatic hydroxyl groups is 1. The standard InChI is InChI=1S/C30H40ClN3O9.C4H8.C2H6.CH4S/c31-8-10-37-12-14-39-16-18-41-19-17-40-15-13-38-11-9-34(33)21-24(32)22-42-30-26(35)7-6-25-27(36)20-28(43-29(25)30)23-4-2-1-3-5-23;1-3-4-2;2*1-2/h1-7,20-21,35H,8-19,22,32-33H2;3-4H,1-2H3;1-2H3;2H,1H3/b24-21-;4-3-;;. The number of rotatable bonds is 22. The van der Waals surface area contributed by atoms with Gasteiger partial charge in [-0.1, -0.05) is 56.3 Å². The Morgan fingerprint density at radius 1 is 0.843 bits per heavy atom. The van der Waals surface area contributed by atoms with Crippen molar-refractivity contribution in [3.8, 4) is 22.8 Å². The van der Waals surface area contributed by atoms with Gasteiger partial charge in [0.15, 0.2) is 16.8 Å². The van der Waals surface area contributed by atoms with Crippen molar-refractivity contribution < 1.29 is 37.9 Å². The van der Waals surface area contributed by atoms with Gasteiger partial charge >= 0.3 is 0 Å². The lowest BCUT2D eigenvalue weighted by molar-refractivity contribution is -0.0108. The van der Waals surface area contributed by atoms with Crippen LogP contribution in [0.2, 0.25) is 0 Å². The fourth-order valence-corrected chi connectivity index (χ4v) is 3.85. The van der Waals surface area contributed by atoms with Crippen molar-refractivity contribution in [3.05, 3.63) is 82.8 Å². The van der Waals surface area contributed by atoms with Gasteiger partial charge in [0.1, 0.15) is 12.4 Å². The highest BCUT2D eigenvalue weighted by molar-refractivity contribution is 7.79. The van der Waals surface area contributed by atoms with Gasteiger partial charge in [-0.2, -0.15) is 12.6 Å². The molecule has 1 aromatic heterocycles. The van der Waals surface area contributed by atoms with Crippen LogP contribution in [0.1, 0.15) is 27.7 Å². The van der Waals surface area contributed by atoms with Gasteiger partial charge in [-0.25, -0.2) is 5.84 Å². The molecule has 0 fully saturated rings. The van der Waals surface area contributed by atoms with Gasteiger partial charge in [0.2, 0.25) is 5.75 Å². The van der Waals surface area contributed by atoms with Gasteiger partial charge in [0.25, 0.3) is 0 Å². The van der Waals surface area contributed by atoms with E-state index < -0.39 is 0 Å². The first-order chi connectivity index (χ1) is 24.9. The zero-order valence-electron chi connectivity index (χ0n) is 30.7. The number of hydrogen-bond donors (Lipinski definition) is 4. The van der Waals surface area contributed by atoms with E-state index in [1.807, 2.05) is 70.2 Å². The monoisotopic (exact) mass is 755 g/mol. The number of ether oxygens (including phenoxy) is 6. The van der Waals surface area contributed by atoms with E-state index in [1.54, 1.807) is 6.26 Å². The quantitative estimate of drug-likeness (QED) is 0.0237. The van der Waals surface area contributed by atoms with Crippen LogP contribution >= 0.6 is 24.2 Å². The number of hydrazine groups is 1. The molecule has 0 bridgehead atoms. The van der Waals surface area contributed by atoms with Crippen LogP contribution in [0.3, 0.4) is 0 Å². The molecule has 12 nitrogen and oxygen atoms in total. The Balaban J connectivity index is 0.00000286. The molecular formula is C37H58ClN3O9S. The Hall–Kier alpha value is -3.27. The summed E-state index contributed by atoms with van der Waals surface area (Å²) in [5.41, 5.74) is 6.95. The molecule has 0 radical (unpaired) electrons. The molecule has 0 aliphatic rings. The van der Waals surface area contributed by atoms with E-state index in [2.05, 4.69) is 12.6 Å². The minimum Gasteiger partial charge on any atom is -0.504 e. The third-order valence-corrected chi connectivity index (χ3v) is 6.30. The van der Waals surface area contributed by atoms with E-state index in [0.29, 0.717) is 84.3 Å². The molecule has 0 aliphatic heterocycles. The molecule has 3 rings (SSSR count). The minimum atomic E-state index is -0.262. The summed E-state index contributed by atoms with van der Waals surface area (Å²) in [5.74, 6) is 6.65. The predicted molar refractivity (Wildman–Crippen MR) is 210 cm³/mol. The van der Waals surface area contributed by atoms with E-state index in [9.17, 15) is 9.90 Å². The second kappa shape index (κ2) is 32.6. The number of phenols is 1. The van der Waals surface area contributed by atoms with Gasteiger partial charge in [-0.15, -0.1) is 11.6 Å². The van der Waals surface area contributed by atoms with Crippen LogP contribution in [0.25, 0.3) is 22.3 Å². The van der Waals surface area contributed by atoms with Crippen molar-refractivity contribution >= 4 is 35.2 Å². The smallest absolute Gasteiger partial charge is 0.205 e. The summed E-state index contributed by atoms with van der Waals surface area (Å²) < 4.78 is 38.7. The molecule has 0 saturated heterocycles. The SMILES string of the molecule is C/C=C\C.CC.CS.N/C(=C\N(N)CCOCCOCCOCCOCCOCCCl)COc1c(O)ccc2c(=O)cc(-c3ccccc3)oc12. The summed E-state index contributed by atoms with van der Waals surface area (Å²) >= 11 is 9.04. The van der Waals surface area contributed by atoms with Gasteiger partial charge in [-0.05, 0) is 32.2 Å². The maximum atomic E-state index is 12.7. The Kier molecular flexibility index (Phi) is 30.5. The zero-order chi connectivity index (χ0) is 38.1. The summed E-state index contributed by atoms with van der Waals surface area (Å²) in [6.07, 6.45) is 7.20. The summed E-state index contributed by atoms with van der Waals surface area (Å²) in [5, 5.41) is 12.1. The highest BCUT2D eigenvalue weighted by Gasteiger charge is 2.16. The number of nitrogens with zero attached hydrogens (tertiary/aromatic N) is 1. The van der Waals surface area contributed by atoms with Crippen molar-refractivity contribution in [2.24, 2.45) is 11.6 Å². The summed E-state index contributed by atoms with van der Waals surface area (Å²) in [7, 11) is 0. The van der Waals surface area contributed by atoms with Crippen LogP contribution in [-0.2, 0) is 23.7 Å². The first-order valence-electron chi connectivity index (χ1n) is 16.8. The second-order valence-corrected chi connectivity index (χ2v) is 10.2. The highest BCUT2D eigenvalue weighted by Crippen LogP contribution is 2.35. The van der Waals surface area contributed by atoms with E-state index in [-0.39, 0.29) is 40.2 Å². The van der Waals surface area contributed by atoms with Gasteiger partial charge in [-0.3, -0.25) is 4.79 Å². The maximum absolute atomic E-state index is 12.7. The molecule has 2 aromatic carbocycles.